The summed E-state index contributed by atoms with van der Waals surface area (Å²) in [6.45, 7) is 1.78. The monoisotopic (exact) mass is 648 g/mol. The molecule has 1 amide bonds. The molecule has 6 nitrogen and oxygen atoms in total. The summed E-state index contributed by atoms with van der Waals surface area (Å²) in [5.41, 5.74) is 1.93. The number of hydrogen-bond acceptors (Lipinski definition) is 6. The van der Waals surface area contributed by atoms with Crippen LogP contribution in [0.1, 0.15) is 68.1 Å². The molecule has 1 atom stereocenters. The van der Waals surface area contributed by atoms with Crippen LogP contribution in [0.15, 0.2) is 84.0 Å². The first kappa shape index (κ1) is 32.6. The summed E-state index contributed by atoms with van der Waals surface area (Å²) in [6, 6.07) is 18.3. The van der Waals surface area contributed by atoms with Crippen LogP contribution < -0.4 is 4.74 Å². The molecule has 4 aromatic rings. The molecule has 0 bridgehead atoms. The van der Waals surface area contributed by atoms with Gasteiger partial charge in [-0.2, -0.15) is 5.10 Å². The number of nitrogens with zero attached hydrogens (tertiary/aromatic N) is 2. The Bertz CT molecular complexity index is 1800. The summed E-state index contributed by atoms with van der Waals surface area (Å²) >= 11 is 1.08. The maximum absolute atomic E-state index is 14.7. The number of ketones is 2. The van der Waals surface area contributed by atoms with Gasteiger partial charge in [0.1, 0.15) is 50.8 Å². The molecule has 1 aliphatic heterocycles. The number of methoxy groups -OCH3 is 1. The van der Waals surface area contributed by atoms with Crippen molar-refractivity contribution in [3.8, 4) is 5.75 Å². The van der Waals surface area contributed by atoms with E-state index in [1.807, 2.05) is 0 Å². The van der Waals surface area contributed by atoms with Crippen LogP contribution in [0.25, 0.3) is 0 Å². The first-order chi connectivity index (χ1) is 22.1. The molecule has 0 saturated heterocycles. The van der Waals surface area contributed by atoms with Crippen molar-refractivity contribution in [2.24, 2.45) is 5.10 Å². The molecule has 11 heteroatoms. The summed E-state index contributed by atoms with van der Waals surface area (Å²) in [4.78, 5) is 38.4. The third-order valence-corrected chi connectivity index (χ3v) is 8.65. The fraction of sp³-hybridized carbons (Fsp3) is 0.200. The zero-order valence-electron chi connectivity index (χ0n) is 24.9. The van der Waals surface area contributed by atoms with Gasteiger partial charge in [0.15, 0.2) is 5.78 Å². The van der Waals surface area contributed by atoms with E-state index >= 15 is 0 Å². The average molecular weight is 649 g/mol. The lowest BCUT2D eigenvalue weighted by Crippen LogP contribution is -2.28. The predicted molar refractivity (Wildman–Crippen MR) is 167 cm³/mol. The molecule has 4 aromatic carbocycles. The fourth-order valence-corrected chi connectivity index (χ4v) is 6.28. The first-order valence-corrected chi connectivity index (χ1v) is 15.3. The SMILES string of the molecule is CCC(=O)c1ccc(CC(=O)CCc2cccc(C3SC(c4ccc(F)cc4)=NN3C(=O)c3c(F)cc(F)cc3F)c2OC)cc1. The van der Waals surface area contributed by atoms with E-state index in [4.69, 9.17) is 4.74 Å². The van der Waals surface area contributed by atoms with Crippen LogP contribution in [-0.4, -0.2) is 34.6 Å². The molecule has 0 aliphatic carbocycles. The number of thioether (sulfide) groups is 1. The number of hydrazone groups is 1. The van der Waals surface area contributed by atoms with Crippen LogP contribution in [0.3, 0.4) is 0 Å². The highest BCUT2D eigenvalue weighted by Crippen LogP contribution is 2.46. The van der Waals surface area contributed by atoms with E-state index in [1.54, 1.807) is 49.4 Å². The Hall–Kier alpha value is -4.77. The van der Waals surface area contributed by atoms with Crippen molar-refractivity contribution < 1.29 is 36.7 Å². The second kappa shape index (κ2) is 14.1. The lowest BCUT2D eigenvalue weighted by molar-refractivity contribution is -0.118. The van der Waals surface area contributed by atoms with Gasteiger partial charge >= 0.3 is 0 Å². The van der Waals surface area contributed by atoms with Gasteiger partial charge in [-0.3, -0.25) is 14.4 Å². The largest absolute Gasteiger partial charge is 0.496 e. The van der Waals surface area contributed by atoms with Gasteiger partial charge in [-0.05, 0) is 41.8 Å². The number of para-hydroxylation sites is 1. The molecule has 1 aliphatic rings. The van der Waals surface area contributed by atoms with Gasteiger partial charge in [0.25, 0.3) is 5.91 Å². The number of carbonyl (C=O) groups is 3. The maximum atomic E-state index is 14.7. The second-order valence-corrected chi connectivity index (χ2v) is 11.6. The Morgan fingerprint density at radius 2 is 1.57 bits per heavy atom. The molecule has 1 heterocycles. The molecule has 0 fully saturated rings. The van der Waals surface area contributed by atoms with Crippen molar-refractivity contribution in [1.29, 1.82) is 0 Å². The minimum Gasteiger partial charge on any atom is -0.496 e. The van der Waals surface area contributed by atoms with E-state index in [-0.39, 0.29) is 29.5 Å². The summed E-state index contributed by atoms with van der Waals surface area (Å²) in [5.74, 6) is -5.26. The number of rotatable bonds is 11. The molecule has 0 aromatic heterocycles. The maximum Gasteiger partial charge on any atom is 0.281 e. The third-order valence-electron chi connectivity index (χ3n) is 7.43. The van der Waals surface area contributed by atoms with Crippen molar-refractivity contribution in [1.82, 2.24) is 5.01 Å². The van der Waals surface area contributed by atoms with E-state index in [2.05, 4.69) is 5.10 Å². The molecular weight excluding hydrogens is 620 g/mol. The van der Waals surface area contributed by atoms with Gasteiger partial charge in [-0.15, -0.1) is 0 Å². The number of carbonyl (C=O) groups excluding carboxylic acids is 3. The molecule has 0 saturated carbocycles. The number of ether oxygens (including phenoxy) is 1. The number of halogens is 4. The molecule has 0 spiro atoms. The summed E-state index contributed by atoms with van der Waals surface area (Å²) < 4.78 is 62.5. The Balaban J connectivity index is 1.42. The second-order valence-electron chi connectivity index (χ2n) is 10.5. The minimum absolute atomic E-state index is 0.0219. The van der Waals surface area contributed by atoms with E-state index < -0.39 is 40.1 Å². The molecule has 1 unspecified atom stereocenters. The van der Waals surface area contributed by atoms with Crippen LogP contribution >= 0.6 is 11.8 Å². The highest BCUT2D eigenvalue weighted by atomic mass is 32.2. The lowest BCUT2D eigenvalue weighted by atomic mass is 9.99. The number of Topliss-reactive ketones (excluding diaryl/α,β-unsaturated/α-hetero) is 2. The molecule has 46 heavy (non-hydrogen) atoms. The first-order valence-electron chi connectivity index (χ1n) is 14.4. The van der Waals surface area contributed by atoms with Crippen molar-refractivity contribution in [2.45, 2.75) is 38.0 Å². The van der Waals surface area contributed by atoms with E-state index in [1.165, 1.54) is 31.4 Å². The Labute approximate surface area is 267 Å². The topological polar surface area (TPSA) is 76.0 Å². The van der Waals surface area contributed by atoms with E-state index in [0.29, 0.717) is 53.0 Å². The van der Waals surface area contributed by atoms with Gasteiger partial charge in [0.05, 0.1) is 7.11 Å². The van der Waals surface area contributed by atoms with Crippen LogP contribution in [0.5, 0.6) is 5.75 Å². The van der Waals surface area contributed by atoms with Crippen molar-refractivity contribution in [3.05, 3.63) is 136 Å². The molecular formula is C35H28F4N2O4S. The summed E-state index contributed by atoms with van der Waals surface area (Å²) in [7, 11) is 1.43. The summed E-state index contributed by atoms with van der Waals surface area (Å²) in [6.07, 6.45) is 1.02. The third kappa shape index (κ3) is 7.04. The van der Waals surface area contributed by atoms with E-state index in [9.17, 15) is 31.9 Å². The highest BCUT2D eigenvalue weighted by Gasteiger charge is 2.38. The Morgan fingerprint density at radius 3 is 2.20 bits per heavy atom. The normalized spacial score (nSPS) is 14.3. The van der Waals surface area contributed by atoms with Gasteiger partial charge in [-0.25, -0.2) is 22.6 Å². The minimum atomic E-state index is -1.39. The predicted octanol–water partition coefficient (Wildman–Crippen LogP) is 7.84. The van der Waals surface area contributed by atoms with Crippen LogP contribution in [-0.2, 0) is 17.6 Å². The van der Waals surface area contributed by atoms with Crippen molar-refractivity contribution in [3.63, 3.8) is 0 Å². The van der Waals surface area contributed by atoms with Crippen LogP contribution in [0.2, 0.25) is 0 Å². The average Bonchev–Trinajstić information content (AvgIpc) is 3.49. The van der Waals surface area contributed by atoms with Crippen LogP contribution in [0.4, 0.5) is 17.6 Å². The smallest absolute Gasteiger partial charge is 0.281 e. The molecule has 5 rings (SSSR count). The van der Waals surface area contributed by atoms with Gasteiger partial charge in [-0.1, -0.05) is 61.2 Å². The van der Waals surface area contributed by atoms with E-state index in [0.717, 1.165) is 22.3 Å². The lowest BCUT2D eigenvalue weighted by Gasteiger charge is -2.24. The Morgan fingerprint density at radius 1 is 0.891 bits per heavy atom. The zero-order valence-corrected chi connectivity index (χ0v) is 25.7. The highest BCUT2D eigenvalue weighted by molar-refractivity contribution is 8.14. The Kier molecular flexibility index (Phi) is 10.0. The number of hydrogen-bond donors (Lipinski definition) is 0. The molecule has 236 valence electrons. The number of benzene rings is 4. The van der Waals surface area contributed by atoms with Crippen LogP contribution in [0, 0.1) is 23.3 Å². The fourth-order valence-electron chi connectivity index (χ4n) is 5.10. The number of amides is 1. The number of aryl methyl sites for hydroxylation is 1. The van der Waals surface area contributed by atoms with Crippen molar-refractivity contribution >= 4 is 34.3 Å². The summed E-state index contributed by atoms with van der Waals surface area (Å²) in [5, 5.41) is 4.54. The van der Waals surface area contributed by atoms with Crippen molar-refractivity contribution in [2.75, 3.05) is 7.11 Å². The molecule has 0 N–H and O–H groups in total. The van der Waals surface area contributed by atoms with Gasteiger partial charge in [0.2, 0.25) is 0 Å². The van der Waals surface area contributed by atoms with Gasteiger partial charge in [0, 0.05) is 48.1 Å². The van der Waals surface area contributed by atoms with Gasteiger partial charge < -0.3 is 4.74 Å². The standard InChI is InChI=1S/C35H28F4N2O4S/c1-3-30(43)21-9-7-20(8-10-21)17-26(42)16-13-22-5-4-6-27(32(22)45-2)35-41(34(44)31-28(38)18-25(37)19-29(31)39)40-33(46-35)23-11-14-24(36)15-12-23/h4-12,14-15,18-19,35H,3,13,16-17H2,1-2H3. The quantitative estimate of drug-likeness (QED) is 0.122. The molecule has 0 radical (unpaired) electrons. The zero-order chi connectivity index (χ0) is 33.0.